The normalized spacial score (nSPS) is 13.1. The van der Waals surface area contributed by atoms with Gasteiger partial charge in [0.2, 0.25) is 0 Å². The van der Waals surface area contributed by atoms with E-state index in [1.54, 1.807) is 12.3 Å². The van der Waals surface area contributed by atoms with Crippen LogP contribution in [0, 0.1) is 6.92 Å². The summed E-state index contributed by atoms with van der Waals surface area (Å²) in [6, 6.07) is 5.65. The number of anilines is 1. The van der Waals surface area contributed by atoms with Gasteiger partial charge in [-0.05, 0) is 24.1 Å². The van der Waals surface area contributed by atoms with Gasteiger partial charge in [-0.2, -0.15) is 0 Å². The van der Waals surface area contributed by atoms with Gasteiger partial charge in [-0.1, -0.05) is 11.6 Å². The van der Waals surface area contributed by atoms with Crippen LogP contribution in [0.3, 0.4) is 0 Å². The minimum absolute atomic E-state index is 0.560. The highest BCUT2D eigenvalue weighted by Crippen LogP contribution is 2.38. The van der Waals surface area contributed by atoms with Crippen LogP contribution in [0.4, 0.5) is 5.69 Å². The fourth-order valence-corrected chi connectivity index (χ4v) is 2.29. The van der Waals surface area contributed by atoms with Crippen LogP contribution < -0.4 is 14.8 Å². The van der Waals surface area contributed by atoms with Crippen LogP contribution >= 0.6 is 11.6 Å². The zero-order chi connectivity index (χ0) is 13.9. The van der Waals surface area contributed by atoms with Crippen molar-refractivity contribution in [2.45, 2.75) is 13.5 Å². The Morgan fingerprint density at radius 1 is 1.25 bits per heavy atom. The molecule has 0 radical (unpaired) electrons. The Morgan fingerprint density at radius 3 is 2.75 bits per heavy atom. The number of rotatable bonds is 3. The highest BCUT2D eigenvalue weighted by molar-refractivity contribution is 6.33. The summed E-state index contributed by atoms with van der Waals surface area (Å²) >= 11 is 6.25. The van der Waals surface area contributed by atoms with Crippen LogP contribution in [0.1, 0.15) is 11.1 Å². The van der Waals surface area contributed by atoms with Crippen molar-refractivity contribution in [2.75, 3.05) is 18.5 Å². The fraction of sp³-hybridized carbons (Fsp3) is 0.267. The van der Waals surface area contributed by atoms with Gasteiger partial charge in [0, 0.05) is 31.1 Å². The SMILES string of the molecule is Cc1ccncc1CNc1cc2c(cc1Cl)OCCO2. The van der Waals surface area contributed by atoms with Gasteiger partial charge in [-0.25, -0.2) is 0 Å². The van der Waals surface area contributed by atoms with Crippen LogP contribution in [-0.2, 0) is 6.54 Å². The number of nitrogens with one attached hydrogen (secondary N) is 1. The molecule has 1 aliphatic rings. The van der Waals surface area contributed by atoms with Crippen LogP contribution in [0.2, 0.25) is 5.02 Å². The van der Waals surface area contributed by atoms with Crippen LogP contribution in [0.5, 0.6) is 11.5 Å². The molecule has 3 rings (SSSR count). The molecular formula is C15H15ClN2O2. The van der Waals surface area contributed by atoms with Crippen molar-refractivity contribution in [1.82, 2.24) is 4.98 Å². The Kier molecular flexibility index (Phi) is 3.65. The molecule has 1 N–H and O–H groups in total. The molecule has 4 nitrogen and oxygen atoms in total. The highest BCUT2D eigenvalue weighted by Gasteiger charge is 2.15. The number of nitrogens with zero attached hydrogens (tertiary/aromatic N) is 1. The van der Waals surface area contributed by atoms with E-state index in [9.17, 15) is 0 Å². The number of fused-ring (bicyclic) bond motifs is 1. The van der Waals surface area contributed by atoms with Gasteiger partial charge in [-0.15, -0.1) is 0 Å². The second-order valence-electron chi connectivity index (χ2n) is 4.63. The quantitative estimate of drug-likeness (QED) is 0.940. The van der Waals surface area contributed by atoms with E-state index >= 15 is 0 Å². The van der Waals surface area contributed by atoms with E-state index < -0.39 is 0 Å². The van der Waals surface area contributed by atoms with Gasteiger partial charge in [-0.3, -0.25) is 4.98 Å². The number of hydrogen-bond acceptors (Lipinski definition) is 4. The maximum absolute atomic E-state index is 6.25. The first-order valence-corrected chi connectivity index (χ1v) is 6.84. The monoisotopic (exact) mass is 290 g/mol. The first-order valence-electron chi connectivity index (χ1n) is 6.46. The van der Waals surface area contributed by atoms with Gasteiger partial charge in [0.25, 0.3) is 0 Å². The molecule has 0 amide bonds. The zero-order valence-electron chi connectivity index (χ0n) is 11.1. The lowest BCUT2D eigenvalue weighted by Crippen LogP contribution is -2.15. The second kappa shape index (κ2) is 5.59. The molecule has 0 saturated carbocycles. The number of benzene rings is 1. The molecule has 104 valence electrons. The van der Waals surface area contributed by atoms with Gasteiger partial charge < -0.3 is 14.8 Å². The lowest BCUT2D eigenvalue weighted by Gasteiger charge is -2.20. The van der Waals surface area contributed by atoms with Crippen molar-refractivity contribution in [2.24, 2.45) is 0 Å². The Morgan fingerprint density at radius 2 is 2.00 bits per heavy atom. The van der Waals surface area contributed by atoms with Crippen molar-refractivity contribution in [1.29, 1.82) is 0 Å². The number of halogens is 1. The summed E-state index contributed by atoms with van der Waals surface area (Å²) in [5.41, 5.74) is 3.17. The maximum atomic E-state index is 6.25. The Labute approximate surface area is 122 Å². The molecule has 0 saturated heterocycles. The summed E-state index contributed by atoms with van der Waals surface area (Å²) in [7, 11) is 0. The van der Waals surface area contributed by atoms with Gasteiger partial charge >= 0.3 is 0 Å². The summed E-state index contributed by atoms with van der Waals surface area (Å²) in [4.78, 5) is 4.13. The summed E-state index contributed by atoms with van der Waals surface area (Å²) in [5, 5.41) is 3.93. The fourth-order valence-electron chi connectivity index (χ4n) is 2.07. The van der Waals surface area contributed by atoms with Gasteiger partial charge in [0.15, 0.2) is 11.5 Å². The molecule has 20 heavy (non-hydrogen) atoms. The largest absolute Gasteiger partial charge is 0.486 e. The van der Waals surface area contributed by atoms with E-state index in [1.165, 1.54) is 5.56 Å². The minimum atomic E-state index is 0.560. The molecule has 2 heterocycles. The average molecular weight is 291 g/mol. The summed E-state index contributed by atoms with van der Waals surface area (Å²) < 4.78 is 11.1. The standard InChI is InChI=1S/C15H15ClN2O2/c1-10-2-3-17-8-11(10)9-18-13-7-15-14(6-12(13)16)19-4-5-20-15/h2-3,6-8,18H,4-5,9H2,1H3. The van der Waals surface area contributed by atoms with E-state index in [1.807, 2.05) is 18.3 Å². The van der Waals surface area contributed by atoms with Gasteiger partial charge in [0.05, 0.1) is 10.7 Å². The van der Waals surface area contributed by atoms with Crippen molar-refractivity contribution in [3.63, 3.8) is 0 Å². The van der Waals surface area contributed by atoms with E-state index in [4.69, 9.17) is 21.1 Å². The molecule has 0 fully saturated rings. The smallest absolute Gasteiger partial charge is 0.163 e. The van der Waals surface area contributed by atoms with Crippen molar-refractivity contribution in [3.8, 4) is 11.5 Å². The molecule has 0 bridgehead atoms. The number of ether oxygens (including phenoxy) is 2. The summed E-state index contributed by atoms with van der Waals surface area (Å²) in [6.07, 6.45) is 3.64. The Balaban J connectivity index is 1.79. The predicted molar refractivity (Wildman–Crippen MR) is 78.7 cm³/mol. The zero-order valence-corrected chi connectivity index (χ0v) is 11.9. The third-order valence-electron chi connectivity index (χ3n) is 3.25. The molecule has 2 aromatic rings. The molecule has 1 aliphatic heterocycles. The van der Waals surface area contributed by atoms with Crippen LogP contribution in [0.15, 0.2) is 30.6 Å². The lowest BCUT2D eigenvalue weighted by atomic mass is 10.1. The predicted octanol–water partition coefficient (Wildman–Crippen LogP) is 3.43. The molecule has 0 spiro atoms. The Hall–Kier alpha value is -1.94. The molecule has 0 unspecified atom stereocenters. The number of aromatic nitrogens is 1. The second-order valence-corrected chi connectivity index (χ2v) is 5.04. The van der Waals surface area contributed by atoms with Gasteiger partial charge in [0.1, 0.15) is 13.2 Å². The Bertz CT molecular complexity index is 631. The van der Waals surface area contributed by atoms with Crippen LogP contribution in [-0.4, -0.2) is 18.2 Å². The van der Waals surface area contributed by atoms with E-state index in [-0.39, 0.29) is 0 Å². The third-order valence-corrected chi connectivity index (χ3v) is 3.56. The molecule has 0 aliphatic carbocycles. The van der Waals surface area contributed by atoms with E-state index in [0.29, 0.717) is 30.5 Å². The van der Waals surface area contributed by atoms with E-state index in [2.05, 4.69) is 17.2 Å². The molecular weight excluding hydrogens is 276 g/mol. The molecule has 1 aromatic carbocycles. The van der Waals surface area contributed by atoms with Crippen LogP contribution in [0.25, 0.3) is 0 Å². The third kappa shape index (κ3) is 2.65. The summed E-state index contributed by atoms with van der Waals surface area (Å²) in [5.74, 6) is 1.43. The number of aryl methyl sites for hydroxylation is 1. The number of pyridine rings is 1. The molecule has 0 atom stereocenters. The average Bonchev–Trinajstić information content (AvgIpc) is 2.46. The van der Waals surface area contributed by atoms with E-state index in [0.717, 1.165) is 17.0 Å². The maximum Gasteiger partial charge on any atom is 0.163 e. The molecule has 5 heteroatoms. The molecule has 1 aromatic heterocycles. The number of hydrogen-bond donors (Lipinski definition) is 1. The van der Waals surface area contributed by atoms with Crippen molar-refractivity contribution < 1.29 is 9.47 Å². The highest BCUT2D eigenvalue weighted by atomic mass is 35.5. The minimum Gasteiger partial charge on any atom is -0.486 e. The topological polar surface area (TPSA) is 43.4 Å². The van der Waals surface area contributed by atoms with Crippen molar-refractivity contribution >= 4 is 17.3 Å². The lowest BCUT2D eigenvalue weighted by molar-refractivity contribution is 0.171. The summed E-state index contributed by atoms with van der Waals surface area (Å²) in [6.45, 7) is 3.85. The first kappa shape index (κ1) is 13.1. The van der Waals surface area contributed by atoms with Crippen molar-refractivity contribution in [3.05, 3.63) is 46.7 Å². The first-order chi connectivity index (χ1) is 9.74.